The third-order valence-electron chi connectivity index (χ3n) is 3.78. The number of rotatable bonds is 5. The van der Waals surface area contributed by atoms with Crippen molar-refractivity contribution in [3.05, 3.63) is 65.3 Å². The largest absolute Gasteiger partial charge is 0.339 e. The summed E-state index contributed by atoms with van der Waals surface area (Å²) in [5.74, 6) is 0. The molecule has 2 aromatic carbocycles. The molecule has 3 aromatic rings. The first-order chi connectivity index (χ1) is 12.2. The number of aromatic nitrogens is 1. The van der Waals surface area contributed by atoms with Crippen molar-refractivity contribution >= 4 is 40.4 Å². The SMILES string of the molecule is CCCn1c(Cl)c(/C=N/NC(=O)Nc2ccccc2)c2ccccc21. The van der Waals surface area contributed by atoms with Gasteiger partial charge < -0.3 is 9.88 Å². The highest BCUT2D eigenvalue weighted by Crippen LogP contribution is 2.29. The van der Waals surface area contributed by atoms with Gasteiger partial charge in [-0.1, -0.05) is 54.9 Å². The number of carbonyl (C=O) groups excluding carboxylic acids is 1. The van der Waals surface area contributed by atoms with Gasteiger partial charge in [-0.15, -0.1) is 0 Å². The first kappa shape index (κ1) is 17.0. The molecule has 0 bridgehead atoms. The van der Waals surface area contributed by atoms with Crippen LogP contribution in [0.3, 0.4) is 0 Å². The van der Waals surface area contributed by atoms with Crippen LogP contribution in [0.2, 0.25) is 5.15 Å². The Morgan fingerprint density at radius 2 is 1.88 bits per heavy atom. The van der Waals surface area contributed by atoms with E-state index in [2.05, 4.69) is 27.3 Å². The Bertz CT molecular complexity index is 902. The van der Waals surface area contributed by atoms with E-state index < -0.39 is 6.03 Å². The van der Waals surface area contributed by atoms with Crippen LogP contribution in [-0.2, 0) is 6.54 Å². The zero-order valence-electron chi connectivity index (χ0n) is 13.9. The monoisotopic (exact) mass is 354 g/mol. The third-order valence-corrected chi connectivity index (χ3v) is 4.19. The average Bonchev–Trinajstić information content (AvgIpc) is 2.89. The van der Waals surface area contributed by atoms with Gasteiger partial charge >= 0.3 is 6.03 Å². The number of aryl methyl sites for hydroxylation is 1. The van der Waals surface area contributed by atoms with Crippen LogP contribution >= 0.6 is 11.6 Å². The number of urea groups is 1. The van der Waals surface area contributed by atoms with Crippen molar-refractivity contribution in [1.29, 1.82) is 0 Å². The number of para-hydroxylation sites is 2. The summed E-state index contributed by atoms with van der Waals surface area (Å²) in [6, 6.07) is 16.8. The van der Waals surface area contributed by atoms with Crippen LogP contribution in [0, 0.1) is 0 Å². The van der Waals surface area contributed by atoms with E-state index in [1.54, 1.807) is 18.3 Å². The number of nitrogens with one attached hydrogen (secondary N) is 2. The number of halogens is 1. The van der Waals surface area contributed by atoms with Crippen LogP contribution in [0.15, 0.2) is 59.7 Å². The number of hydrogen-bond donors (Lipinski definition) is 2. The summed E-state index contributed by atoms with van der Waals surface area (Å²) < 4.78 is 2.06. The summed E-state index contributed by atoms with van der Waals surface area (Å²) >= 11 is 6.52. The highest BCUT2D eigenvalue weighted by Gasteiger charge is 2.13. The zero-order valence-corrected chi connectivity index (χ0v) is 14.6. The minimum absolute atomic E-state index is 0.407. The molecular formula is C19H19ClN4O. The van der Waals surface area contributed by atoms with Crippen LogP contribution in [-0.4, -0.2) is 16.8 Å². The van der Waals surface area contributed by atoms with Gasteiger partial charge in [0.25, 0.3) is 0 Å². The molecule has 1 aromatic heterocycles. The molecule has 0 aliphatic carbocycles. The minimum Gasteiger partial charge on any atom is -0.331 e. The highest BCUT2D eigenvalue weighted by atomic mass is 35.5. The lowest BCUT2D eigenvalue weighted by atomic mass is 10.2. The molecule has 25 heavy (non-hydrogen) atoms. The molecule has 0 aliphatic rings. The average molecular weight is 355 g/mol. The first-order valence-corrected chi connectivity index (χ1v) is 8.50. The summed E-state index contributed by atoms with van der Waals surface area (Å²) in [6.07, 6.45) is 2.56. The fourth-order valence-corrected chi connectivity index (χ4v) is 3.03. The fourth-order valence-electron chi connectivity index (χ4n) is 2.70. The number of nitrogens with zero attached hydrogens (tertiary/aromatic N) is 2. The number of benzene rings is 2. The van der Waals surface area contributed by atoms with E-state index in [0.29, 0.717) is 10.8 Å². The normalized spacial score (nSPS) is 11.1. The molecule has 0 atom stereocenters. The predicted molar refractivity (Wildman–Crippen MR) is 103 cm³/mol. The Labute approximate surface area is 151 Å². The molecule has 0 saturated heterocycles. The first-order valence-electron chi connectivity index (χ1n) is 8.12. The second-order valence-corrected chi connectivity index (χ2v) is 5.92. The number of amides is 2. The molecule has 128 valence electrons. The fraction of sp³-hybridized carbons (Fsp3) is 0.158. The molecule has 6 heteroatoms. The molecule has 2 amide bonds. The molecule has 0 fully saturated rings. The van der Waals surface area contributed by atoms with E-state index in [0.717, 1.165) is 29.4 Å². The molecule has 2 N–H and O–H groups in total. The Morgan fingerprint density at radius 1 is 1.16 bits per heavy atom. The Morgan fingerprint density at radius 3 is 2.64 bits per heavy atom. The Hall–Kier alpha value is -2.79. The van der Waals surface area contributed by atoms with Crippen LogP contribution in [0.1, 0.15) is 18.9 Å². The van der Waals surface area contributed by atoms with E-state index in [4.69, 9.17) is 11.6 Å². The number of hydrazone groups is 1. The molecule has 0 radical (unpaired) electrons. The molecule has 0 aliphatic heterocycles. The molecule has 0 spiro atoms. The minimum atomic E-state index is -0.407. The summed E-state index contributed by atoms with van der Waals surface area (Å²) in [7, 11) is 0. The van der Waals surface area contributed by atoms with Gasteiger partial charge in [-0.3, -0.25) is 0 Å². The van der Waals surface area contributed by atoms with Crippen molar-refractivity contribution < 1.29 is 4.79 Å². The maximum atomic E-state index is 11.9. The third kappa shape index (κ3) is 3.83. The second-order valence-electron chi connectivity index (χ2n) is 5.56. The molecule has 5 nitrogen and oxygen atoms in total. The van der Waals surface area contributed by atoms with E-state index in [-0.39, 0.29) is 0 Å². The van der Waals surface area contributed by atoms with Crippen LogP contribution in [0.5, 0.6) is 0 Å². The smallest absolute Gasteiger partial charge is 0.331 e. The van der Waals surface area contributed by atoms with Crippen molar-refractivity contribution in [2.75, 3.05) is 5.32 Å². The molecular weight excluding hydrogens is 336 g/mol. The maximum Gasteiger partial charge on any atom is 0.339 e. The summed E-state index contributed by atoms with van der Waals surface area (Å²) in [6.45, 7) is 2.93. The number of fused-ring (bicyclic) bond motifs is 1. The maximum absolute atomic E-state index is 11.9. The van der Waals surface area contributed by atoms with Gasteiger partial charge in [-0.25, -0.2) is 10.2 Å². The highest BCUT2D eigenvalue weighted by molar-refractivity contribution is 6.34. The van der Waals surface area contributed by atoms with Gasteiger partial charge in [0.1, 0.15) is 5.15 Å². The van der Waals surface area contributed by atoms with Crippen molar-refractivity contribution in [2.24, 2.45) is 5.10 Å². The van der Waals surface area contributed by atoms with Gasteiger partial charge in [0.2, 0.25) is 0 Å². The Kier molecular flexibility index (Phi) is 5.36. The van der Waals surface area contributed by atoms with Gasteiger partial charge in [0.05, 0.1) is 6.21 Å². The number of anilines is 1. The van der Waals surface area contributed by atoms with Crippen LogP contribution < -0.4 is 10.7 Å². The molecule has 1 heterocycles. The lowest BCUT2D eigenvalue weighted by Crippen LogP contribution is -2.24. The van der Waals surface area contributed by atoms with E-state index in [1.807, 2.05) is 42.5 Å². The molecule has 3 rings (SSSR count). The van der Waals surface area contributed by atoms with E-state index >= 15 is 0 Å². The van der Waals surface area contributed by atoms with Gasteiger partial charge in [-0.05, 0) is 24.6 Å². The lowest BCUT2D eigenvalue weighted by Gasteiger charge is -2.04. The van der Waals surface area contributed by atoms with Crippen molar-refractivity contribution in [3.63, 3.8) is 0 Å². The van der Waals surface area contributed by atoms with Crippen LogP contribution in [0.25, 0.3) is 10.9 Å². The molecule has 0 unspecified atom stereocenters. The van der Waals surface area contributed by atoms with Crippen molar-refractivity contribution in [2.45, 2.75) is 19.9 Å². The van der Waals surface area contributed by atoms with E-state index in [9.17, 15) is 4.79 Å². The summed E-state index contributed by atoms with van der Waals surface area (Å²) in [5.41, 5.74) is 5.02. The standard InChI is InChI=1S/C19H19ClN4O/c1-2-12-24-17-11-7-6-10-15(17)16(18(24)20)13-21-23-19(25)22-14-8-4-3-5-9-14/h3-11,13H,2,12H2,1H3,(H2,22,23,25)/b21-13+. The summed E-state index contributed by atoms with van der Waals surface area (Å²) in [5, 5.41) is 8.37. The molecule has 0 saturated carbocycles. The van der Waals surface area contributed by atoms with Gasteiger partial charge in [0.15, 0.2) is 0 Å². The van der Waals surface area contributed by atoms with Gasteiger partial charge in [-0.2, -0.15) is 5.10 Å². The van der Waals surface area contributed by atoms with Gasteiger partial charge in [0, 0.05) is 28.7 Å². The Balaban J connectivity index is 1.77. The number of hydrogen-bond acceptors (Lipinski definition) is 2. The summed E-state index contributed by atoms with van der Waals surface area (Å²) in [4.78, 5) is 11.9. The predicted octanol–water partition coefficient (Wildman–Crippen LogP) is 4.86. The zero-order chi connectivity index (χ0) is 17.6. The number of carbonyl (C=O) groups is 1. The van der Waals surface area contributed by atoms with Crippen molar-refractivity contribution in [3.8, 4) is 0 Å². The van der Waals surface area contributed by atoms with Crippen LogP contribution in [0.4, 0.5) is 10.5 Å². The second kappa shape index (κ2) is 7.85. The van der Waals surface area contributed by atoms with E-state index in [1.165, 1.54) is 0 Å². The lowest BCUT2D eigenvalue weighted by molar-refractivity contribution is 0.252. The van der Waals surface area contributed by atoms with Crippen molar-refractivity contribution in [1.82, 2.24) is 9.99 Å². The topological polar surface area (TPSA) is 58.4 Å². The quantitative estimate of drug-likeness (QED) is 0.499.